The Morgan fingerprint density at radius 3 is 2.47 bits per heavy atom. The van der Waals surface area contributed by atoms with Gasteiger partial charge < -0.3 is 15.7 Å². The molecule has 0 saturated carbocycles. The van der Waals surface area contributed by atoms with Gasteiger partial charge in [0.05, 0.1) is 18.2 Å². The minimum absolute atomic E-state index is 0.00209. The summed E-state index contributed by atoms with van der Waals surface area (Å²) >= 11 is 0. The Bertz CT molecular complexity index is 1070. The van der Waals surface area contributed by atoms with Crippen molar-refractivity contribution >= 4 is 11.9 Å². The molecular weight excluding hydrogens is 427 g/mol. The van der Waals surface area contributed by atoms with E-state index in [0.717, 1.165) is 17.8 Å². The number of alkyl halides is 3. The Labute approximate surface area is 181 Å². The van der Waals surface area contributed by atoms with Gasteiger partial charge in [-0.25, -0.2) is 14.5 Å². The third kappa shape index (κ3) is 5.70. The molecule has 3 N–H and O–H groups in total. The van der Waals surface area contributed by atoms with Crippen molar-refractivity contribution in [1.82, 2.24) is 25.4 Å². The van der Waals surface area contributed by atoms with Gasteiger partial charge in [-0.15, -0.1) is 0 Å². The molecule has 0 aliphatic carbocycles. The third-order valence-corrected chi connectivity index (χ3v) is 4.69. The summed E-state index contributed by atoms with van der Waals surface area (Å²) in [6, 6.07) is 17.9. The molecule has 2 heterocycles. The van der Waals surface area contributed by atoms with Gasteiger partial charge in [-0.1, -0.05) is 42.5 Å². The average Bonchev–Trinajstić information content (AvgIpc) is 3.26. The number of carbonyl (C=O) groups excluding carboxylic acids is 1. The van der Waals surface area contributed by atoms with Crippen LogP contribution in [0.15, 0.2) is 60.9 Å². The van der Waals surface area contributed by atoms with Crippen molar-refractivity contribution in [2.75, 3.05) is 6.54 Å². The SMILES string of the molecule is O=C(NCc1ncnn1-c1ccccc1)C1CNCc2ccccc21.O=C(O)C(F)(F)F. The van der Waals surface area contributed by atoms with E-state index in [1.807, 2.05) is 48.5 Å². The smallest absolute Gasteiger partial charge is 0.475 e. The quantitative estimate of drug-likeness (QED) is 0.567. The number of nitrogens with one attached hydrogen (secondary N) is 2. The molecule has 1 aliphatic heterocycles. The van der Waals surface area contributed by atoms with Gasteiger partial charge in [0.25, 0.3) is 0 Å². The molecule has 1 aromatic heterocycles. The van der Waals surface area contributed by atoms with Crippen LogP contribution in [0, 0.1) is 0 Å². The lowest BCUT2D eigenvalue weighted by atomic mass is 9.90. The van der Waals surface area contributed by atoms with Crippen molar-refractivity contribution in [3.8, 4) is 5.69 Å². The number of carbonyl (C=O) groups is 2. The molecule has 0 spiro atoms. The number of hydrogen-bond donors (Lipinski definition) is 3. The first-order valence-corrected chi connectivity index (χ1v) is 9.58. The lowest BCUT2D eigenvalue weighted by Gasteiger charge is -2.25. The summed E-state index contributed by atoms with van der Waals surface area (Å²) in [5.41, 5.74) is 3.21. The number of aliphatic carboxylic acids is 1. The number of halogens is 3. The van der Waals surface area contributed by atoms with Crippen molar-refractivity contribution in [3.63, 3.8) is 0 Å². The molecule has 1 amide bonds. The van der Waals surface area contributed by atoms with E-state index in [2.05, 4.69) is 26.8 Å². The highest BCUT2D eigenvalue weighted by Gasteiger charge is 2.38. The van der Waals surface area contributed by atoms with Crippen molar-refractivity contribution in [2.45, 2.75) is 25.2 Å². The topological polar surface area (TPSA) is 109 Å². The predicted octanol–water partition coefficient (Wildman–Crippen LogP) is 2.40. The molecule has 2 aromatic carbocycles. The second kappa shape index (κ2) is 10.1. The highest BCUT2D eigenvalue weighted by molar-refractivity contribution is 5.84. The standard InChI is InChI=1S/C19H19N5O.C2HF3O2/c25-19(17-11-20-10-14-6-4-5-9-16(14)17)21-12-18-22-13-23-24(18)15-7-2-1-3-8-15;3-2(4,5)1(6)7/h1-9,13,17,20H,10-12H2,(H,21,25);(H,6,7). The molecule has 0 fully saturated rings. The Morgan fingerprint density at radius 1 is 1.12 bits per heavy atom. The van der Waals surface area contributed by atoms with Crippen LogP contribution in [-0.4, -0.2) is 44.5 Å². The molecule has 168 valence electrons. The number of nitrogens with zero attached hydrogens (tertiary/aromatic N) is 3. The van der Waals surface area contributed by atoms with Gasteiger partial charge in [0.2, 0.25) is 5.91 Å². The Kier molecular flexibility index (Phi) is 7.21. The fourth-order valence-electron chi connectivity index (χ4n) is 3.19. The number of carboxylic acid groups (broad SMARTS) is 1. The van der Waals surface area contributed by atoms with E-state index in [1.54, 1.807) is 4.68 Å². The Morgan fingerprint density at radius 2 is 1.78 bits per heavy atom. The van der Waals surface area contributed by atoms with Gasteiger partial charge in [0, 0.05) is 13.1 Å². The van der Waals surface area contributed by atoms with Crippen molar-refractivity contribution in [1.29, 1.82) is 0 Å². The summed E-state index contributed by atoms with van der Waals surface area (Å²) in [5, 5.41) is 17.7. The van der Waals surface area contributed by atoms with Crippen LogP contribution in [0.4, 0.5) is 13.2 Å². The minimum atomic E-state index is -5.08. The zero-order valence-corrected chi connectivity index (χ0v) is 16.7. The fraction of sp³-hybridized carbons (Fsp3) is 0.238. The highest BCUT2D eigenvalue weighted by atomic mass is 19.4. The van der Waals surface area contributed by atoms with Crippen molar-refractivity contribution < 1.29 is 27.9 Å². The molecular formula is C21H20F3N5O3. The summed E-state index contributed by atoms with van der Waals surface area (Å²) in [4.78, 5) is 25.9. The summed E-state index contributed by atoms with van der Waals surface area (Å²) in [5.74, 6) is -2.23. The average molecular weight is 447 g/mol. The molecule has 32 heavy (non-hydrogen) atoms. The van der Waals surface area contributed by atoms with E-state index < -0.39 is 12.1 Å². The highest BCUT2D eigenvalue weighted by Crippen LogP contribution is 2.24. The normalized spacial score (nSPS) is 15.2. The molecule has 0 saturated heterocycles. The number of aromatic nitrogens is 3. The van der Waals surface area contributed by atoms with Crippen LogP contribution in [0.3, 0.4) is 0 Å². The summed E-state index contributed by atoms with van der Waals surface area (Å²) in [6.07, 6.45) is -3.58. The molecule has 8 nitrogen and oxygen atoms in total. The van der Waals surface area contributed by atoms with E-state index in [9.17, 15) is 18.0 Å². The molecule has 1 aliphatic rings. The van der Waals surface area contributed by atoms with E-state index in [4.69, 9.17) is 9.90 Å². The lowest BCUT2D eigenvalue weighted by Crippen LogP contribution is -2.39. The lowest BCUT2D eigenvalue weighted by molar-refractivity contribution is -0.192. The van der Waals surface area contributed by atoms with E-state index in [1.165, 1.54) is 11.9 Å². The van der Waals surface area contributed by atoms with Crippen molar-refractivity contribution in [2.24, 2.45) is 0 Å². The van der Waals surface area contributed by atoms with Crippen LogP contribution in [0.2, 0.25) is 0 Å². The van der Waals surface area contributed by atoms with Crippen molar-refractivity contribution in [3.05, 3.63) is 77.9 Å². The van der Waals surface area contributed by atoms with E-state index in [-0.39, 0.29) is 11.8 Å². The molecule has 11 heteroatoms. The van der Waals surface area contributed by atoms with Gasteiger partial charge in [-0.2, -0.15) is 18.3 Å². The van der Waals surface area contributed by atoms with Gasteiger partial charge in [-0.05, 0) is 23.3 Å². The predicted molar refractivity (Wildman–Crippen MR) is 108 cm³/mol. The van der Waals surface area contributed by atoms with Gasteiger partial charge in [0.1, 0.15) is 6.33 Å². The first-order valence-electron chi connectivity index (χ1n) is 9.58. The largest absolute Gasteiger partial charge is 0.490 e. The molecule has 3 aromatic rings. The van der Waals surface area contributed by atoms with E-state index in [0.29, 0.717) is 18.9 Å². The monoisotopic (exact) mass is 447 g/mol. The van der Waals surface area contributed by atoms with Crippen LogP contribution < -0.4 is 10.6 Å². The molecule has 0 radical (unpaired) electrons. The van der Waals surface area contributed by atoms with Crippen LogP contribution in [0.1, 0.15) is 22.9 Å². The molecule has 0 bridgehead atoms. The number of hydrogen-bond acceptors (Lipinski definition) is 5. The Hall–Kier alpha value is -3.73. The number of para-hydroxylation sites is 1. The zero-order valence-electron chi connectivity index (χ0n) is 16.7. The number of rotatable bonds is 4. The fourth-order valence-corrected chi connectivity index (χ4v) is 3.19. The third-order valence-electron chi connectivity index (χ3n) is 4.69. The van der Waals surface area contributed by atoms with Gasteiger partial charge in [-0.3, -0.25) is 4.79 Å². The van der Waals surface area contributed by atoms with Crippen LogP contribution in [-0.2, 0) is 22.7 Å². The van der Waals surface area contributed by atoms with Crippen LogP contribution >= 0.6 is 0 Å². The summed E-state index contributed by atoms with van der Waals surface area (Å²) in [6.45, 7) is 1.79. The first-order chi connectivity index (χ1) is 15.3. The van der Waals surface area contributed by atoms with Crippen LogP contribution in [0.25, 0.3) is 5.69 Å². The maximum atomic E-state index is 12.7. The minimum Gasteiger partial charge on any atom is -0.475 e. The maximum Gasteiger partial charge on any atom is 0.490 e. The first kappa shape index (κ1) is 22.9. The molecule has 4 rings (SSSR count). The summed E-state index contributed by atoms with van der Waals surface area (Å²) in [7, 11) is 0. The zero-order chi connectivity index (χ0) is 23.1. The number of fused-ring (bicyclic) bond motifs is 1. The maximum absolute atomic E-state index is 12.7. The second-order valence-electron chi connectivity index (χ2n) is 6.83. The second-order valence-corrected chi connectivity index (χ2v) is 6.83. The summed E-state index contributed by atoms with van der Waals surface area (Å²) < 4.78 is 33.5. The van der Waals surface area contributed by atoms with E-state index >= 15 is 0 Å². The molecule has 1 atom stereocenters. The van der Waals surface area contributed by atoms with Gasteiger partial charge in [0.15, 0.2) is 5.82 Å². The van der Waals surface area contributed by atoms with Crippen LogP contribution in [0.5, 0.6) is 0 Å². The Balaban J connectivity index is 0.000000360. The number of carboxylic acids is 1. The number of amides is 1. The number of benzene rings is 2. The van der Waals surface area contributed by atoms with Gasteiger partial charge >= 0.3 is 12.1 Å². The molecule has 1 unspecified atom stereocenters.